The Morgan fingerprint density at radius 2 is 2.23 bits per heavy atom. The Hall–Kier alpha value is -0.870. The zero-order valence-corrected chi connectivity index (χ0v) is 8.58. The smallest absolute Gasteiger partial charge is 0.420 e. The molecule has 1 atom stereocenters. The predicted octanol–water partition coefficient (Wildman–Crippen LogP) is 1.38. The third-order valence-electron chi connectivity index (χ3n) is 1.65. The van der Waals surface area contributed by atoms with E-state index in [0.29, 0.717) is 19.9 Å². The van der Waals surface area contributed by atoms with Gasteiger partial charge in [0.15, 0.2) is 6.73 Å². The van der Waals surface area contributed by atoms with Gasteiger partial charge in [0.1, 0.15) is 6.54 Å². The number of carbonyl (C=O) groups excluding carboxylic acids is 1. The summed E-state index contributed by atoms with van der Waals surface area (Å²) in [5.74, 6) is 0. The summed E-state index contributed by atoms with van der Waals surface area (Å²) in [5, 5.41) is 0. The lowest BCUT2D eigenvalue weighted by Crippen LogP contribution is -2.50. The van der Waals surface area contributed by atoms with E-state index in [-0.39, 0.29) is 10.6 Å². The van der Waals surface area contributed by atoms with Gasteiger partial charge in [-0.2, -0.15) is 9.28 Å². The van der Waals surface area contributed by atoms with E-state index in [9.17, 15) is 4.79 Å². The van der Waals surface area contributed by atoms with Crippen molar-refractivity contribution >= 4 is 6.09 Å². The summed E-state index contributed by atoms with van der Waals surface area (Å²) < 4.78 is 9.95. The molecule has 0 aliphatic carbocycles. The third-order valence-corrected chi connectivity index (χ3v) is 1.65. The molecule has 0 saturated carbocycles. The second kappa shape index (κ2) is 5.72. The summed E-state index contributed by atoms with van der Waals surface area (Å²) in [4.78, 5) is 11.5. The number of amides is 1. The first kappa shape index (κ1) is 12.1. The number of nitrogens with zero attached hydrogens (tertiary/aromatic N) is 1. The van der Waals surface area contributed by atoms with Crippen LogP contribution in [0.3, 0.4) is 0 Å². The van der Waals surface area contributed by atoms with Crippen molar-refractivity contribution < 1.29 is 18.8 Å². The van der Waals surface area contributed by atoms with Crippen LogP contribution in [0.4, 0.5) is 4.79 Å². The van der Waals surface area contributed by atoms with Gasteiger partial charge in [-0.1, -0.05) is 6.58 Å². The number of hydrogen-bond donors (Lipinski definition) is 0. The molecule has 76 valence electrons. The Morgan fingerprint density at radius 1 is 1.62 bits per heavy atom. The molecule has 0 bridgehead atoms. The van der Waals surface area contributed by atoms with E-state index < -0.39 is 0 Å². The van der Waals surface area contributed by atoms with E-state index >= 15 is 0 Å². The van der Waals surface area contributed by atoms with Crippen LogP contribution >= 0.6 is 0 Å². The number of quaternary nitrogens is 1. The highest BCUT2D eigenvalue weighted by molar-refractivity contribution is 5.59. The average molecular weight is 188 g/mol. The minimum Gasteiger partial charge on any atom is -0.420 e. The Morgan fingerprint density at radius 3 is 2.62 bits per heavy atom. The molecule has 1 amide bonds. The van der Waals surface area contributed by atoms with Gasteiger partial charge in [-0.15, -0.1) is 0 Å². The van der Waals surface area contributed by atoms with Crippen LogP contribution in [0.25, 0.3) is 0 Å². The maximum Gasteiger partial charge on any atom is 0.517 e. The molecule has 0 heterocycles. The van der Waals surface area contributed by atoms with E-state index in [0.717, 1.165) is 0 Å². The Labute approximate surface area is 79.3 Å². The summed E-state index contributed by atoms with van der Waals surface area (Å²) in [6.45, 7) is 6.56. The molecule has 0 radical (unpaired) electrons. The fourth-order valence-corrected chi connectivity index (χ4v) is 1.03. The molecule has 0 aromatic carbocycles. The number of carbonyl (C=O) groups is 1. The highest BCUT2D eigenvalue weighted by Gasteiger charge is 2.32. The van der Waals surface area contributed by atoms with Crippen molar-refractivity contribution in [3.8, 4) is 0 Å². The van der Waals surface area contributed by atoms with Crippen molar-refractivity contribution in [1.29, 1.82) is 0 Å². The monoisotopic (exact) mass is 188 g/mol. The number of ether oxygens (including phenoxy) is 2. The SMILES string of the molecule is C=CC[N+](C)(COC)C(=O)OCC. The molecule has 0 aliphatic heterocycles. The Kier molecular flexibility index (Phi) is 5.34. The molecule has 0 rings (SSSR count). The molecular formula is C9H18NO3+. The van der Waals surface area contributed by atoms with Gasteiger partial charge < -0.3 is 9.47 Å². The highest BCUT2D eigenvalue weighted by atomic mass is 16.6. The third kappa shape index (κ3) is 3.57. The topological polar surface area (TPSA) is 35.5 Å². The second-order valence-corrected chi connectivity index (χ2v) is 2.98. The lowest BCUT2D eigenvalue weighted by Gasteiger charge is -2.27. The van der Waals surface area contributed by atoms with Crippen LogP contribution in [-0.4, -0.2) is 44.6 Å². The molecule has 1 unspecified atom stereocenters. The van der Waals surface area contributed by atoms with Gasteiger partial charge in [0.2, 0.25) is 0 Å². The van der Waals surface area contributed by atoms with Gasteiger partial charge in [0.25, 0.3) is 0 Å². The predicted molar refractivity (Wildman–Crippen MR) is 50.1 cm³/mol. The van der Waals surface area contributed by atoms with Crippen LogP contribution in [0, 0.1) is 0 Å². The standard InChI is InChI=1S/C9H18NO3/c1-5-7-10(3,8-12-4)9(11)13-6-2/h5H,1,6-8H2,2-4H3/q+1. The molecule has 0 spiro atoms. The van der Waals surface area contributed by atoms with Crippen LogP contribution in [-0.2, 0) is 9.47 Å². The van der Waals surface area contributed by atoms with Gasteiger partial charge in [-0.25, -0.2) is 0 Å². The zero-order valence-electron chi connectivity index (χ0n) is 8.58. The van der Waals surface area contributed by atoms with E-state index in [1.54, 1.807) is 27.2 Å². The first-order valence-electron chi connectivity index (χ1n) is 4.22. The van der Waals surface area contributed by atoms with Crippen molar-refractivity contribution in [3.63, 3.8) is 0 Å². The van der Waals surface area contributed by atoms with E-state index in [1.165, 1.54) is 0 Å². The number of methoxy groups -OCH3 is 1. The molecule has 0 aliphatic rings. The van der Waals surface area contributed by atoms with E-state index in [2.05, 4.69) is 6.58 Å². The largest absolute Gasteiger partial charge is 0.517 e. The fourth-order valence-electron chi connectivity index (χ4n) is 1.03. The average Bonchev–Trinajstić information content (AvgIpc) is 2.05. The van der Waals surface area contributed by atoms with Crippen molar-refractivity contribution in [2.75, 3.05) is 34.0 Å². The number of likely N-dealkylation sites (N-methyl/N-ethyl adjacent to an activating group) is 1. The Bertz CT molecular complexity index is 182. The molecule has 0 N–H and O–H groups in total. The van der Waals surface area contributed by atoms with Gasteiger partial charge in [-0.3, -0.25) is 0 Å². The maximum absolute atomic E-state index is 11.5. The van der Waals surface area contributed by atoms with Crippen LogP contribution in [0.2, 0.25) is 0 Å². The van der Waals surface area contributed by atoms with Gasteiger partial charge in [-0.05, 0) is 13.0 Å². The minimum atomic E-state index is -0.288. The number of rotatable bonds is 5. The van der Waals surface area contributed by atoms with Crippen LogP contribution in [0.5, 0.6) is 0 Å². The summed E-state index contributed by atoms with van der Waals surface area (Å²) in [6.07, 6.45) is 1.39. The first-order valence-corrected chi connectivity index (χ1v) is 4.22. The molecule has 4 heteroatoms. The van der Waals surface area contributed by atoms with Crippen molar-refractivity contribution in [3.05, 3.63) is 12.7 Å². The Balaban J connectivity index is 4.36. The molecule has 13 heavy (non-hydrogen) atoms. The molecule has 0 fully saturated rings. The summed E-state index contributed by atoms with van der Waals surface area (Å²) in [5.41, 5.74) is 0. The second-order valence-electron chi connectivity index (χ2n) is 2.98. The lowest BCUT2D eigenvalue weighted by atomic mass is 10.5. The number of hydrogen-bond acceptors (Lipinski definition) is 3. The molecule has 0 aromatic heterocycles. The van der Waals surface area contributed by atoms with Crippen molar-refractivity contribution in [2.24, 2.45) is 0 Å². The van der Waals surface area contributed by atoms with Crippen molar-refractivity contribution in [2.45, 2.75) is 6.92 Å². The van der Waals surface area contributed by atoms with Gasteiger partial charge in [0, 0.05) is 7.11 Å². The van der Waals surface area contributed by atoms with Gasteiger partial charge >= 0.3 is 6.09 Å². The first-order chi connectivity index (χ1) is 6.10. The van der Waals surface area contributed by atoms with E-state index in [1.807, 2.05) is 0 Å². The highest BCUT2D eigenvalue weighted by Crippen LogP contribution is 2.06. The molecule has 0 saturated heterocycles. The summed E-state index contributed by atoms with van der Waals surface area (Å²) >= 11 is 0. The van der Waals surface area contributed by atoms with E-state index in [4.69, 9.17) is 9.47 Å². The van der Waals surface area contributed by atoms with Crippen LogP contribution in [0.15, 0.2) is 12.7 Å². The normalized spacial score (nSPS) is 14.7. The lowest BCUT2D eigenvalue weighted by molar-refractivity contribution is -0.852. The van der Waals surface area contributed by atoms with Crippen LogP contribution < -0.4 is 0 Å². The maximum atomic E-state index is 11.5. The quantitative estimate of drug-likeness (QED) is 0.371. The molecular weight excluding hydrogens is 170 g/mol. The minimum absolute atomic E-state index is 0.0772. The molecule has 0 aromatic rings. The summed E-state index contributed by atoms with van der Waals surface area (Å²) in [7, 11) is 3.31. The zero-order chi connectivity index (χ0) is 10.3. The van der Waals surface area contributed by atoms with Crippen molar-refractivity contribution in [1.82, 2.24) is 0 Å². The molecule has 4 nitrogen and oxygen atoms in total. The fraction of sp³-hybridized carbons (Fsp3) is 0.667. The van der Waals surface area contributed by atoms with Crippen LogP contribution in [0.1, 0.15) is 6.92 Å². The summed E-state index contributed by atoms with van der Waals surface area (Å²) in [6, 6.07) is 0. The van der Waals surface area contributed by atoms with Gasteiger partial charge in [0.05, 0.1) is 13.7 Å².